The van der Waals surface area contributed by atoms with E-state index in [9.17, 15) is 0 Å². The number of fused-ring (bicyclic) bond motifs is 3. The van der Waals surface area contributed by atoms with Crippen molar-refractivity contribution in [3.05, 3.63) is 94.6 Å². The van der Waals surface area contributed by atoms with Crippen molar-refractivity contribution in [2.75, 3.05) is 14.2 Å². The molecule has 0 radical (unpaired) electrons. The number of rotatable bonds is 3. The minimum atomic E-state index is 0.195. The molecule has 140 valence electrons. The first-order valence-electron chi connectivity index (χ1n) is 9.59. The van der Waals surface area contributed by atoms with E-state index in [1.165, 1.54) is 22.3 Å². The molecule has 0 bridgehead atoms. The molecule has 3 nitrogen and oxygen atoms in total. The van der Waals surface area contributed by atoms with E-state index >= 15 is 0 Å². The quantitative estimate of drug-likeness (QED) is 0.602. The van der Waals surface area contributed by atoms with Crippen molar-refractivity contribution in [2.24, 2.45) is 0 Å². The van der Waals surface area contributed by atoms with Crippen LogP contribution in [0.25, 0.3) is 5.76 Å². The van der Waals surface area contributed by atoms with Crippen molar-refractivity contribution in [2.45, 2.75) is 18.8 Å². The van der Waals surface area contributed by atoms with E-state index < -0.39 is 0 Å². The van der Waals surface area contributed by atoms with E-state index in [0.717, 1.165) is 41.4 Å². The third-order valence-electron chi connectivity index (χ3n) is 5.74. The highest BCUT2D eigenvalue weighted by Crippen LogP contribution is 2.50. The summed E-state index contributed by atoms with van der Waals surface area (Å²) < 4.78 is 17.4. The van der Waals surface area contributed by atoms with Crippen LogP contribution in [0.3, 0.4) is 0 Å². The lowest BCUT2D eigenvalue weighted by molar-refractivity contribution is 0.407. The largest absolute Gasteiger partial charge is 0.497 e. The summed E-state index contributed by atoms with van der Waals surface area (Å²) >= 11 is 0. The van der Waals surface area contributed by atoms with Crippen LogP contribution in [-0.4, -0.2) is 14.2 Å². The normalized spacial score (nSPS) is 17.1. The zero-order chi connectivity index (χ0) is 19.1. The number of methoxy groups -OCH3 is 2. The molecule has 0 N–H and O–H groups in total. The first-order chi connectivity index (χ1) is 13.8. The van der Waals surface area contributed by atoms with Gasteiger partial charge >= 0.3 is 0 Å². The van der Waals surface area contributed by atoms with Gasteiger partial charge in [0.05, 0.1) is 14.2 Å². The number of benzene rings is 3. The van der Waals surface area contributed by atoms with Crippen molar-refractivity contribution < 1.29 is 14.2 Å². The molecule has 0 aromatic heterocycles. The molecule has 28 heavy (non-hydrogen) atoms. The molecule has 0 fully saturated rings. The second-order valence-electron chi connectivity index (χ2n) is 7.23. The molecule has 1 unspecified atom stereocenters. The molecule has 1 heterocycles. The van der Waals surface area contributed by atoms with Crippen LogP contribution in [0.4, 0.5) is 0 Å². The first-order valence-corrected chi connectivity index (χ1v) is 9.59. The fourth-order valence-electron chi connectivity index (χ4n) is 4.37. The smallest absolute Gasteiger partial charge is 0.135 e. The number of ether oxygens (including phenoxy) is 3. The number of hydrogen-bond acceptors (Lipinski definition) is 3. The third-order valence-corrected chi connectivity index (χ3v) is 5.74. The highest BCUT2D eigenvalue weighted by atomic mass is 16.5. The third kappa shape index (κ3) is 2.66. The minimum absolute atomic E-state index is 0.195. The Kier molecular flexibility index (Phi) is 4.09. The summed E-state index contributed by atoms with van der Waals surface area (Å²) in [6.07, 6.45) is 1.96. The lowest BCUT2D eigenvalue weighted by Gasteiger charge is -2.35. The minimum Gasteiger partial charge on any atom is -0.497 e. The van der Waals surface area contributed by atoms with Crippen LogP contribution in [0, 0.1) is 0 Å². The molecule has 0 saturated heterocycles. The van der Waals surface area contributed by atoms with Gasteiger partial charge in [-0.25, -0.2) is 0 Å². The van der Waals surface area contributed by atoms with E-state index in [-0.39, 0.29) is 5.92 Å². The van der Waals surface area contributed by atoms with Gasteiger partial charge in [0.15, 0.2) is 0 Å². The lowest BCUT2D eigenvalue weighted by atomic mass is 9.76. The van der Waals surface area contributed by atoms with Gasteiger partial charge in [-0.2, -0.15) is 0 Å². The van der Waals surface area contributed by atoms with Crippen molar-refractivity contribution in [1.29, 1.82) is 0 Å². The molecule has 1 atom stereocenters. The average Bonchev–Trinajstić information content (AvgIpc) is 2.77. The second-order valence-corrected chi connectivity index (χ2v) is 7.23. The van der Waals surface area contributed by atoms with Crippen molar-refractivity contribution in [3.8, 4) is 17.2 Å². The van der Waals surface area contributed by atoms with Crippen LogP contribution < -0.4 is 14.2 Å². The Morgan fingerprint density at radius 1 is 0.821 bits per heavy atom. The van der Waals surface area contributed by atoms with Gasteiger partial charge in [0.2, 0.25) is 0 Å². The first kappa shape index (κ1) is 16.9. The summed E-state index contributed by atoms with van der Waals surface area (Å²) in [5.74, 6) is 3.75. The van der Waals surface area contributed by atoms with Crippen LogP contribution in [0.5, 0.6) is 17.2 Å². The van der Waals surface area contributed by atoms with E-state index in [0.29, 0.717) is 0 Å². The summed E-state index contributed by atoms with van der Waals surface area (Å²) in [5, 5.41) is 0. The lowest BCUT2D eigenvalue weighted by Crippen LogP contribution is -2.20. The van der Waals surface area contributed by atoms with Gasteiger partial charge in [-0.1, -0.05) is 36.4 Å². The Balaban J connectivity index is 1.71. The van der Waals surface area contributed by atoms with Gasteiger partial charge in [-0.3, -0.25) is 0 Å². The van der Waals surface area contributed by atoms with Crippen LogP contribution >= 0.6 is 0 Å². The SMILES string of the molecule is COc1ccc2c(c1)CCC1=C2Oc2cc(OC)ccc2C1c1ccccc1. The highest BCUT2D eigenvalue weighted by Gasteiger charge is 2.34. The Bertz CT molecular complexity index is 1070. The summed E-state index contributed by atoms with van der Waals surface area (Å²) in [6.45, 7) is 0. The highest BCUT2D eigenvalue weighted by molar-refractivity contribution is 5.76. The molecule has 3 aromatic rings. The predicted molar refractivity (Wildman–Crippen MR) is 110 cm³/mol. The molecular formula is C25H22O3. The van der Waals surface area contributed by atoms with Gasteiger partial charge < -0.3 is 14.2 Å². The molecular weight excluding hydrogens is 348 g/mol. The average molecular weight is 370 g/mol. The molecule has 1 aliphatic heterocycles. The Morgan fingerprint density at radius 3 is 2.36 bits per heavy atom. The molecule has 1 aliphatic carbocycles. The van der Waals surface area contributed by atoms with Gasteiger partial charge in [-0.05, 0) is 53.8 Å². The molecule has 0 amide bonds. The van der Waals surface area contributed by atoms with Gasteiger partial charge in [-0.15, -0.1) is 0 Å². The number of allylic oxidation sites excluding steroid dienone is 1. The van der Waals surface area contributed by atoms with E-state index in [4.69, 9.17) is 14.2 Å². The molecule has 0 spiro atoms. The van der Waals surface area contributed by atoms with Crippen LogP contribution in [-0.2, 0) is 6.42 Å². The molecule has 0 saturated carbocycles. The fraction of sp³-hybridized carbons (Fsp3) is 0.200. The topological polar surface area (TPSA) is 27.7 Å². The predicted octanol–water partition coefficient (Wildman–Crippen LogP) is 5.59. The van der Waals surface area contributed by atoms with Crippen LogP contribution in [0.15, 0.2) is 72.3 Å². The fourth-order valence-corrected chi connectivity index (χ4v) is 4.37. The Labute approximate surface area is 165 Å². The van der Waals surface area contributed by atoms with E-state index in [1.807, 2.05) is 18.2 Å². The zero-order valence-corrected chi connectivity index (χ0v) is 16.1. The van der Waals surface area contributed by atoms with Gasteiger partial charge in [0, 0.05) is 23.1 Å². The van der Waals surface area contributed by atoms with Crippen LogP contribution in [0.2, 0.25) is 0 Å². The van der Waals surface area contributed by atoms with Gasteiger partial charge in [0.1, 0.15) is 23.0 Å². The molecule has 5 rings (SSSR count). The van der Waals surface area contributed by atoms with Crippen molar-refractivity contribution in [3.63, 3.8) is 0 Å². The van der Waals surface area contributed by atoms with Crippen molar-refractivity contribution >= 4 is 5.76 Å². The standard InChI is InChI=1S/C25H22O3/c1-26-18-9-12-20-17(14-18)8-11-22-24(16-6-4-3-5-7-16)21-13-10-19(27-2)15-23(21)28-25(20)22/h3-7,9-10,12-15,24H,8,11H2,1-2H3. The second kappa shape index (κ2) is 6.75. The number of aryl methyl sites for hydroxylation is 1. The molecule has 2 aliphatic rings. The van der Waals surface area contributed by atoms with E-state index in [2.05, 4.69) is 48.5 Å². The summed E-state index contributed by atoms with van der Waals surface area (Å²) in [4.78, 5) is 0. The summed E-state index contributed by atoms with van der Waals surface area (Å²) in [7, 11) is 3.40. The number of hydrogen-bond donors (Lipinski definition) is 0. The monoisotopic (exact) mass is 370 g/mol. The summed E-state index contributed by atoms with van der Waals surface area (Å²) in [5.41, 5.74) is 6.28. The maximum atomic E-state index is 6.49. The summed E-state index contributed by atoms with van der Waals surface area (Å²) in [6, 6.07) is 23.1. The Hall–Kier alpha value is -3.20. The molecule has 3 aromatic carbocycles. The van der Waals surface area contributed by atoms with Crippen LogP contribution in [0.1, 0.15) is 34.6 Å². The molecule has 3 heteroatoms. The van der Waals surface area contributed by atoms with Crippen molar-refractivity contribution in [1.82, 2.24) is 0 Å². The van der Waals surface area contributed by atoms with Gasteiger partial charge in [0.25, 0.3) is 0 Å². The maximum Gasteiger partial charge on any atom is 0.135 e. The maximum absolute atomic E-state index is 6.49. The van der Waals surface area contributed by atoms with E-state index in [1.54, 1.807) is 14.2 Å². The Morgan fingerprint density at radius 2 is 1.57 bits per heavy atom. The zero-order valence-electron chi connectivity index (χ0n) is 16.1.